The van der Waals surface area contributed by atoms with Crippen molar-refractivity contribution < 1.29 is 28.6 Å². The van der Waals surface area contributed by atoms with Crippen LogP contribution in [0.4, 0.5) is 10.1 Å². The normalized spacial score (nSPS) is 16.6. The van der Waals surface area contributed by atoms with Crippen molar-refractivity contribution in [3.05, 3.63) is 94.0 Å². The summed E-state index contributed by atoms with van der Waals surface area (Å²) in [5, 5.41) is 10.8. The fourth-order valence-electron chi connectivity index (χ4n) is 4.76. The number of rotatable bonds is 5. The van der Waals surface area contributed by atoms with Gasteiger partial charge < -0.3 is 19.5 Å². The number of methoxy groups -OCH3 is 1. The molecule has 3 aromatic rings. The van der Waals surface area contributed by atoms with Gasteiger partial charge in [-0.15, -0.1) is 0 Å². The van der Waals surface area contributed by atoms with Crippen molar-refractivity contribution in [3.63, 3.8) is 0 Å². The second kappa shape index (κ2) is 10.1. The molecular weight excluding hydrogens is 475 g/mol. The SMILES string of the molecule is COC(=O)c1ccc(/C=C2/Oc3c(CN4CCN(c5ccc(F)cc5)CC4)c(O)cc(C)c3C2=O)cc1. The van der Waals surface area contributed by atoms with E-state index in [-0.39, 0.29) is 23.1 Å². The van der Waals surface area contributed by atoms with Crippen LogP contribution in [0.15, 0.2) is 60.4 Å². The molecule has 37 heavy (non-hydrogen) atoms. The smallest absolute Gasteiger partial charge is 0.337 e. The maximum absolute atomic E-state index is 13.3. The van der Waals surface area contributed by atoms with E-state index >= 15 is 0 Å². The number of Topliss-reactive ketones (excluding diaryl/α,β-unsaturated/α-hetero) is 1. The molecule has 0 amide bonds. The average molecular weight is 503 g/mol. The van der Waals surface area contributed by atoms with Gasteiger partial charge in [0.15, 0.2) is 5.76 Å². The lowest BCUT2D eigenvalue weighted by Crippen LogP contribution is -2.46. The number of ether oxygens (including phenoxy) is 2. The van der Waals surface area contributed by atoms with Crippen LogP contribution in [-0.2, 0) is 11.3 Å². The molecule has 0 atom stereocenters. The van der Waals surface area contributed by atoms with E-state index in [1.165, 1.54) is 19.2 Å². The van der Waals surface area contributed by atoms with Gasteiger partial charge in [-0.1, -0.05) is 12.1 Å². The van der Waals surface area contributed by atoms with Crippen molar-refractivity contribution in [1.29, 1.82) is 0 Å². The molecule has 2 aliphatic heterocycles. The number of benzene rings is 3. The third-order valence-electron chi connectivity index (χ3n) is 6.80. The predicted molar refractivity (Wildman–Crippen MR) is 137 cm³/mol. The Morgan fingerprint density at radius 3 is 2.41 bits per heavy atom. The minimum Gasteiger partial charge on any atom is -0.507 e. The third kappa shape index (κ3) is 4.93. The summed E-state index contributed by atoms with van der Waals surface area (Å²) in [6.45, 7) is 5.20. The first-order valence-electron chi connectivity index (χ1n) is 12.0. The number of phenolic OH excluding ortho intramolecular Hbond substituents is 1. The lowest BCUT2D eigenvalue weighted by atomic mass is 9.99. The number of halogens is 1. The van der Waals surface area contributed by atoms with Crippen molar-refractivity contribution in [3.8, 4) is 11.5 Å². The fourth-order valence-corrected chi connectivity index (χ4v) is 4.76. The van der Waals surface area contributed by atoms with E-state index in [9.17, 15) is 19.1 Å². The molecule has 190 valence electrons. The molecule has 1 saturated heterocycles. The highest BCUT2D eigenvalue weighted by atomic mass is 19.1. The van der Waals surface area contributed by atoms with Crippen molar-refractivity contribution in [1.82, 2.24) is 4.90 Å². The number of carbonyl (C=O) groups excluding carboxylic acids is 2. The van der Waals surface area contributed by atoms with E-state index < -0.39 is 5.97 Å². The molecule has 3 aromatic carbocycles. The maximum Gasteiger partial charge on any atom is 0.337 e. The highest BCUT2D eigenvalue weighted by Gasteiger charge is 2.34. The molecule has 1 N–H and O–H groups in total. The Hall–Kier alpha value is -4.17. The molecule has 1 fully saturated rings. The standard InChI is InChI=1S/C29H27FN2O5/c1-18-15-24(33)23(17-31-11-13-32(14-12-31)22-9-7-21(30)8-10-22)28-26(18)27(34)25(37-28)16-19-3-5-20(6-4-19)29(35)36-2/h3-10,15-16,33H,11-14,17H2,1-2H3/b25-16+. The molecular formula is C29H27FN2O5. The Balaban J connectivity index is 1.34. The topological polar surface area (TPSA) is 79.3 Å². The van der Waals surface area contributed by atoms with E-state index in [0.717, 1.165) is 31.9 Å². The Morgan fingerprint density at radius 1 is 1.08 bits per heavy atom. The molecule has 2 aliphatic rings. The highest BCUT2D eigenvalue weighted by molar-refractivity contribution is 6.15. The van der Waals surface area contributed by atoms with Gasteiger partial charge >= 0.3 is 5.97 Å². The molecule has 0 saturated carbocycles. The predicted octanol–water partition coefficient (Wildman–Crippen LogP) is 4.56. The number of fused-ring (bicyclic) bond motifs is 1. The van der Waals surface area contributed by atoms with Crippen molar-refractivity contribution in [2.45, 2.75) is 13.5 Å². The number of hydrogen-bond donors (Lipinski definition) is 1. The van der Waals surface area contributed by atoms with E-state index in [0.29, 0.717) is 40.1 Å². The zero-order chi connectivity index (χ0) is 26.1. The molecule has 8 heteroatoms. The van der Waals surface area contributed by atoms with Crippen molar-refractivity contribution >= 4 is 23.5 Å². The molecule has 0 spiro atoms. The number of phenols is 1. The Bertz CT molecular complexity index is 1370. The van der Waals surface area contributed by atoms with Crippen LogP contribution in [0.2, 0.25) is 0 Å². The van der Waals surface area contributed by atoms with Crippen LogP contribution in [0.1, 0.15) is 37.4 Å². The van der Waals surface area contributed by atoms with Gasteiger partial charge in [0.25, 0.3) is 0 Å². The molecule has 2 heterocycles. The van der Waals surface area contributed by atoms with Crippen LogP contribution in [0.5, 0.6) is 11.5 Å². The number of esters is 1. The number of ketones is 1. The number of aryl methyl sites for hydroxylation is 1. The van der Waals surface area contributed by atoms with E-state index in [4.69, 9.17) is 9.47 Å². The summed E-state index contributed by atoms with van der Waals surface area (Å²) in [4.78, 5) is 29.3. The molecule has 7 nitrogen and oxygen atoms in total. The summed E-state index contributed by atoms with van der Waals surface area (Å²) in [5.74, 6) is -0.292. The van der Waals surface area contributed by atoms with Gasteiger partial charge in [-0.05, 0) is 66.6 Å². The number of allylic oxidation sites excluding steroid dienone is 1. The molecule has 0 bridgehead atoms. The largest absolute Gasteiger partial charge is 0.507 e. The second-order valence-corrected chi connectivity index (χ2v) is 9.19. The summed E-state index contributed by atoms with van der Waals surface area (Å²) < 4.78 is 24.0. The summed E-state index contributed by atoms with van der Waals surface area (Å²) in [6, 6.07) is 14.8. The zero-order valence-electron chi connectivity index (χ0n) is 20.7. The Labute approximate surface area is 214 Å². The van der Waals surface area contributed by atoms with Gasteiger partial charge in [0, 0.05) is 38.4 Å². The summed E-state index contributed by atoms with van der Waals surface area (Å²) in [5.41, 5.74) is 3.76. The number of aromatic hydroxyl groups is 1. The summed E-state index contributed by atoms with van der Waals surface area (Å²) >= 11 is 0. The summed E-state index contributed by atoms with van der Waals surface area (Å²) in [6.07, 6.45) is 1.63. The fraction of sp³-hybridized carbons (Fsp3) is 0.241. The van der Waals surface area contributed by atoms with Crippen LogP contribution in [0.3, 0.4) is 0 Å². The molecule has 0 radical (unpaired) electrons. The Morgan fingerprint density at radius 2 is 1.76 bits per heavy atom. The van der Waals surface area contributed by atoms with E-state index in [2.05, 4.69) is 9.80 Å². The van der Waals surface area contributed by atoms with Crippen LogP contribution >= 0.6 is 0 Å². The molecule has 0 aromatic heterocycles. The van der Waals surface area contributed by atoms with Gasteiger partial charge in [0.05, 0.1) is 23.8 Å². The van der Waals surface area contributed by atoms with Gasteiger partial charge in [-0.25, -0.2) is 9.18 Å². The molecule has 0 unspecified atom stereocenters. The number of carbonyl (C=O) groups is 2. The minimum absolute atomic E-state index is 0.0914. The van der Waals surface area contributed by atoms with Gasteiger partial charge in [0.1, 0.15) is 17.3 Å². The number of hydrogen-bond acceptors (Lipinski definition) is 7. The van der Waals surface area contributed by atoms with Crippen LogP contribution in [0, 0.1) is 12.7 Å². The molecule has 0 aliphatic carbocycles. The lowest BCUT2D eigenvalue weighted by molar-refractivity contribution is 0.0600. The second-order valence-electron chi connectivity index (χ2n) is 9.19. The summed E-state index contributed by atoms with van der Waals surface area (Å²) in [7, 11) is 1.32. The average Bonchev–Trinajstić information content (AvgIpc) is 3.23. The molecule has 5 rings (SSSR count). The Kier molecular flexibility index (Phi) is 6.67. The van der Waals surface area contributed by atoms with Gasteiger partial charge in [-0.3, -0.25) is 9.69 Å². The van der Waals surface area contributed by atoms with Crippen LogP contribution in [0.25, 0.3) is 6.08 Å². The first kappa shape index (κ1) is 24.5. The highest BCUT2D eigenvalue weighted by Crippen LogP contribution is 2.42. The van der Waals surface area contributed by atoms with Crippen molar-refractivity contribution in [2.75, 3.05) is 38.2 Å². The maximum atomic E-state index is 13.3. The monoisotopic (exact) mass is 502 g/mol. The first-order valence-corrected chi connectivity index (χ1v) is 12.0. The number of nitrogens with zero attached hydrogens (tertiary/aromatic N) is 2. The third-order valence-corrected chi connectivity index (χ3v) is 6.80. The number of anilines is 1. The van der Waals surface area contributed by atoms with E-state index in [1.807, 2.05) is 0 Å². The van der Waals surface area contributed by atoms with Gasteiger partial charge in [-0.2, -0.15) is 0 Å². The first-order chi connectivity index (χ1) is 17.8. The number of piperazine rings is 1. The van der Waals surface area contributed by atoms with E-state index in [1.54, 1.807) is 55.5 Å². The van der Waals surface area contributed by atoms with Crippen LogP contribution in [-0.4, -0.2) is 55.0 Å². The zero-order valence-corrected chi connectivity index (χ0v) is 20.7. The quantitative estimate of drug-likeness (QED) is 0.405. The lowest BCUT2D eigenvalue weighted by Gasteiger charge is -2.36. The van der Waals surface area contributed by atoms with Gasteiger partial charge in [0.2, 0.25) is 5.78 Å². The van der Waals surface area contributed by atoms with Crippen LogP contribution < -0.4 is 9.64 Å². The minimum atomic E-state index is -0.436. The van der Waals surface area contributed by atoms with Crippen molar-refractivity contribution in [2.24, 2.45) is 0 Å².